The predicted molar refractivity (Wildman–Crippen MR) is 60.5 cm³/mol. The molecule has 1 aliphatic rings. The minimum Gasteiger partial charge on any atom is -0.381 e. The summed E-state index contributed by atoms with van der Waals surface area (Å²) >= 11 is 0. The quantitative estimate of drug-likeness (QED) is 0.751. The second-order valence-electron chi connectivity index (χ2n) is 5.89. The predicted octanol–water partition coefficient (Wildman–Crippen LogP) is 2.44. The van der Waals surface area contributed by atoms with Gasteiger partial charge in [0.2, 0.25) is 0 Å². The summed E-state index contributed by atoms with van der Waals surface area (Å²) in [7, 11) is 2.04. The van der Waals surface area contributed by atoms with Crippen LogP contribution in [-0.2, 0) is 4.74 Å². The minimum atomic E-state index is 0.419. The lowest BCUT2D eigenvalue weighted by molar-refractivity contribution is 0.135. The van der Waals surface area contributed by atoms with Gasteiger partial charge >= 0.3 is 0 Å². The molecule has 1 atom stereocenters. The van der Waals surface area contributed by atoms with Crippen LogP contribution in [0.1, 0.15) is 40.0 Å². The number of hydrogen-bond acceptors (Lipinski definition) is 2. The van der Waals surface area contributed by atoms with Crippen molar-refractivity contribution in [1.82, 2.24) is 5.32 Å². The highest BCUT2D eigenvalue weighted by molar-refractivity contribution is 4.86. The van der Waals surface area contributed by atoms with Gasteiger partial charge in [0.15, 0.2) is 0 Å². The van der Waals surface area contributed by atoms with Crippen LogP contribution in [0.25, 0.3) is 0 Å². The summed E-state index contributed by atoms with van der Waals surface area (Å²) < 4.78 is 5.54. The minimum absolute atomic E-state index is 0.419. The van der Waals surface area contributed by atoms with Gasteiger partial charge in [0, 0.05) is 18.6 Å². The third kappa shape index (κ3) is 3.58. The molecule has 0 aromatic heterocycles. The molecule has 0 spiro atoms. The summed E-state index contributed by atoms with van der Waals surface area (Å²) in [4.78, 5) is 0. The molecule has 0 amide bonds. The highest BCUT2D eigenvalue weighted by Crippen LogP contribution is 2.36. The molecular weight excluding hydrogens is 174 g/mol. The second kappa shape index (κ2) is 4.63. The van der Waals surface area contributed by atoms with Crippen LogP contribution in [0.3, 0.4) is 0 Å². The van der Waals surface area contributed by atoms with Gasteiger partial charge in [0.25, 0.3) is 0 Å². The van der Waals surface area contributed by atoms with E-state index in [-0.39, 0.29) is 0 Å². The molecule has 2 heteroatoms. The first-order valence-corrected chi connectivity index (χ1v) is 5.70. The average Bonchev–Trinajstić information content (AvgIpc) is 2.50. The zero-order chi connectivity index (χ0) is 10.7. The van der Waals surface area contributed by atoms with Crippen molar-refractivity contribution in [2.24, 2.45) is 10.8 Å². The van der Waals surface area contributed by atoms with Crippen LogP contribution in [-0.4, -0.2) is 26.8 Å². The third-order valence-electron chi connectivity index (χ3n) is 3.14. The first kappa shape index (κ1) is 12.0. The Balaban J connectivity index is 2.43. The van der Waals surface area contributed by atoms with Crippen LogP contribution < -0.4 is 5.32 Å². The molecule has 0 radical (unpaired) electrons. The van der Waals surface area contributed by atoms with Gasteiger partial charge in [-0.05, 0) is 31.7 Å². The SMILES string of the molecule is CNCC1(CCC(C)(C)C)CCOC1. The van der Waals surface area contributed by atoms with Gasteiger partial charge < -0.3 is 10.1 Å². The van der Waals surface area contributed by atoms with Crippen LogP contribution >= 0.6 is 0 Å². The van der Waals surface area contributed by atoms with Crippen LogP contribution in [0.4, 0.5) is 0 Å². The topological polar surface area (TPSA) is 21.3 Å². The van der Waals surface area contributed by atoms with E-state index in [0.29, 0.717) is 10.8 Å². The van der Waals surface area contributed by atoms with Crippen LogP contribution in [0.15, 0.2) is 0 Å². The van der Waals surface area contributed by atoms with E-state index in [1.165, 1.54) is 19.3 Å². The lowest BCUT2D eigenvalue weighted by atomic mass is 9.77. The molecule has 1 heterocycles. The fourth-order valence-corrected chi connectivity index (χ4v) is 2.09. The molecule has 0 saturated carbocycles. The number of hydrogen-bond donors (Lipinski definition) is 1. The van der Waals surface area contributed by atoms with E-state index in [4.69, 9.17) is 4.74 Å². The van der Waals surface area contributed by atoms with E-state index >= 15 is 0 Å². The highest BCUT2D eigenvalue weighted by Gasteiger charge is 2.34. The van der Waals surface area contributed by atoms with Crippen molar-refractivity contribution in [3.63, 3.8) is 0 Å². The largest absolute Gasteiger partial charge is 0.381 e. The van der Waals surface area contributed by atoms with Crippen LogP contribution in [0.5, 0.6) is 0 Å². The zero-order valence-electron chi connectivity index (χ0n) is 10.2. The van der Waals surface area contributed by atoms with Crippen molar-refractivity contribution < 1.29 is 4.74 Å². The maximum absolute atomic E-state index is 5.54. The lowest BCUT2D eigenvalue weighted by Gasteiger charge is -2.30. The van der Waals surface area contributed by atoms with Gasteiger partial charge in [-0.25, -0.2) is 0 Å². The Labute approximate surface area is 88.4 Å². The molecule has 14 heavy (non-hydrogen) atoms. The highest BCUT2D eigenvalue weighted by atomic mass is 16.5. The van der Waals surface area contributed by atoms with E-state index in [9.17, 15) is 0 Å². The van der Waals surface area contributed by atoms with Crippen molar-refractivity contribution in [2.75, 3.05) is 26.8 Å². The third-order valence-corrected chi connectivity index (χ3v) is 3.14. The van der Waals surface area contributed by atoms with Crippen molar-refractivity contribution in [3.8, 4) is 0 Å². The molecule has 2 nitrogen and oxygen atoms in total. The van der Waals surface area contributed by atoms with Crippen molar-refractivity contribution in [2.45, 2.75) is 40.0 Å². The van der Waals surface area contributed by atoms with E-state index in [0.717, 1.165) is 19.8 Å². The standard InChI is InChI=1S/C12H25NO/c1-11(2,3)5-6-12(9-13-4)7-8-14-10-12/h13H,5-10H2,1-4H3. The van der Waals surface area contributed by atoms with Crippen molar-refractivity contribution in [3.05, 3.63) is 0 Å². The van der Waals surface area contributed by atoms with E-state index in [2.05, 4.69) is 26.1 Å². The molecule has 84 valence electrons. The molecule has 1 N–H and O–H groups in total. The second-order valence-corrected chi connectivity index (χ2v) is 5.89. The molecule has 0 aliphatic carbocycles. The molecule has 0 aromatic rings. The Bertz CT molecular complexity index is 166. The molecule has 1 saturated heterocycles. The van der Waals surface area contributed by atoms with Gasteiger partial charge in [-0.3, -0.25) is 0 Å². The molecule has 1 unspecified atom stereocenters. The average molecular weight is 199 g/mol. The Morgan fingerprint density at radius 2 is 2.07 bits per heavy atom. The van der Waals surface area contributed by atoms with Crippen LogP contribution in [0, 0.1) is 10.8 Å². The molecule has 1 aliphatic heterocycles. The monoisotopic (exact) mass is 199 g/mol. The summed E-state index contributed by atoms with van der Waals surface area (Å²) in [5.41, 5.74) is 0.866. The molecule has 1 rings (SSSR count). The fraction of sp³-hybridized carbons (Fsp3) is 1.00. The van der Waals surface area contributed by atoms with E-state index < -0.39 is 0 Å². The van der Waals surface area contributed by atoms with E-state index in [1.807, 2.05) is 7.05 Å². The van der Waals surface area contributed by atoms with Gasteiger partial charge in [0.05, 0.1) is 6.61 Å². The van der Waals surface area contributed by atoms with E-state index in [1.54, 1.807) is 0 Å². The lowest BCUT2D eigenvalue weighted by Crippen LogP contribution is -2.34. The molecule has 0 aromatic carbocycles. The van der Waals surface area contributed by atoms with Gasteiger partial charge in [-0.2, -0.15) is 0 Å². The van der Waals surface area contributed by atoms with Gasteiger partial charge in [-0.1, -0.05) is 20.8 Å². The number of rotatable bonds is 4. The van der Waals surface area contributed by atoms with Crippen LogP contribution in [0.2, 0.25) is 0 Å². The zero-order valence-corrected chi connectivity index (χ0v) is 10.2. The smallest absolute Gasteiger partial charge is 0.0535 e. The number of ether oxygens (including phenoxy) is 1. The normalized spacial score (nSPS) is 28.3. The first-order valence-electron chi connectivity index (χ1n) is 5.70. The van der Waals surface area contributed by atoms with Crippen molar-refractivity contribution >= 4 is 0 Å². The summed E-state index contributed by atoms with van der Waals surface area (Å²) in [5.74, 6) is 0. The fourth-order valence-electron chi connectivity index (χ4n) is 2.09. The maximum atomic E-state index is 5.54. The Morgan fingerprint density at radius 3 is 2.50 bits per heavy atom. The molecule has 1 fully saturated rings. The van der Waals surface area contributed by atoms with Gasteiger partial charge in [-0.15, -0.1) is 0 Å². The Morgan fingerprint density at radius 1 is 1.36 bits per heavy atom. The maximum Gasteiger partial charge on any atom is 0.0535 e. The summed E-state index contributed by atoms with van der Waals surface area (Å²) in [6.45, 7) is 9.94. The summed E-state index contributed by atoms with van der Waals surface area (Å²) in [6.07, 6.45) is 3.80. The summed E-state index contributed by atoms with van der Waals surface area (Å²) in [5, 5.41) is 3.31. The Hall–Kier alpha value is -0.0800. The first-order chi connectivity index (χ1) is 6.47. The molecular formula is C12H25NO. The van der Waals surface area contributed by atoms with Gasteiger partial charge in [0.1, 0.15) is 0 Å². The Kier molecular flexibility index (Phi) is 3.96. The number of nitrogens with one attached hydrogen (secondary N) is 1. The van der Waals surface area contributed by atoms with Crippen molar-refractivity contribution in [1.29, 1.82) is 0 Å². The molecule has 0 bridgehead atoms. The summed E-state index contributed by atoms with van der Waals surface area (Å²) in [6, 6.07) is 0.